The van der Waals surface area contributed by atoms with E-state index in [9.17, 15) is 4.79 Å². The number of carbonyl (C=O) groups excluding carboxylic acids is 1. The topological polar surface area (TPSA) is 69.8 Å². The van der Waals surface area contributed by atoms with E-state index in [-0.39, 0.29) is 5.91 Å². The van der Waals surface area contributed by atoms with Gasteiger partial charge < -0.3 is 15.6 Å². The van der Waals surface area contributed by atoms with Crippen molar-refractivity contribution < 1.29 is 4.79 Å². The third-order valence-corrected chi connectivity index (χ3v) is 4.99. The average molecular weight is 304 g/mol. The van der Waals surface area contributed by atoms with Crippen LogP contribution in [0.4, 0.5) is 5.69 Å². The van der Waals surface area contributed by atoms with E-state index >= 15 is 0 Å². The molecular weight excluding hydrogens is 284 g/mol. The fourth-order valence-electron chi connectivity index (χ4n) is 2.57. The minimum Gasteiger partial charge on any atom is -0.342 e. The molecule has 1 saturated heterocycles. The van der Waals surface area contributed by atoms with E-state index in [0.717, 1.165) is 48.5 Å². The first kappa shape index (κ1) is 14.4. The van der Waals surface area contributed by atoms with Gasteiger partial charge in [0, 0.05) is 10.9 Å². The fourth-order valence-corrected chi connectivity index (χ4v) is 3.60. The summed E-state index contributed by atoms with van der Waals surface area (Å²) in [5, 5.41) is 6.90. The molecule has 0 aliphatic carbocycles. The van der Waals surface area contributed by atoms with Crippen molar-refractivity contribution in [3.8, 4) is 0 Å². The predicted molar refractivity (Wildman–Crippen MR) is 87.8 cm³/mol. The predicted octanol–water partition coefficient (Wildman–Crippen LogP) is 2.30. The van der Waals surface area contributed by atoms with Crippen molar-refractivity contribution in [1.29, 1.82) is 0 Å². The number of hydrogen-bond acceptors (Lipinski definition) is 4. The molecule has 1 aromatic heterocycles. The van der Waals surface area contributed by atoms with Gasteiger partial charge in [-0.25, -0.2) is 4.98 Å². The van der Waals surface area contributed by atoms with Crippen LogP contribution >= 0.6 is 11.8 Å². The third kappa shape index (κ3) is 3.77. The van der Waals surface area contributed by atoms with E-state index in [1.165, 1.54) is 0 Å². The van der Waals surface area contributed by atoms with Gasteiger partial charge in [-0.2, -0.15) is 0 Å². The Kier molecular flexibility index (Phi) is 4.45. The largest absolute Gasteiger partial charge is 0.342 e. The van der Waals surface area contributed by atoms with Crippen LogP contribution in [0.5, 0.6) is 0 Å². The van der Waals surface area contributed by atoms with Gasteiger partial charge in [-0.3, -0.25) is 4.79 Å². The lowest BCUT2D eigenvalue weighted by atomic mass is 10.2. The monoisotopic (exact) mass is 304 g/mol. The lowest BCUT2D eigenvalue weighted by molar-refractivity contribution is -0.113. The molecule has 2 aromatic rings. The standard InChI is InChI=1S/C15H20N4OS/c1-10-17-13-3-2-11(8-14(13)18-10)19-15(20)9-21-12-4-6-16-7-5-12/h2-3,8,12,16H,4-7,9H2,1H3,(H,17,18)(H,19,20). The van der Waals surface area contributed by atoms with Crippen molar-refractivity contribution in [1.82, 2.24) is 15.3 Å². The van der Waals surface area contributed by atoms with Gasteiger partial charge in [-0.05, 0) is 51.1 Å². The minimum absolute atomic E-state index is 0.0640. The molecular formula is C15H20N4OS. The van der Waals surface area contributed by atoms with Crippen LogP contribution in [0.3, 0.4) is 0 Å². The molecule has 0 saturated carbocycles. The maximum absolute atomic E-state index is 12.0. The number of H-pyrrole nitrogens is 1. The summed E-state index contributed by atoms with van der Waals surface area (Å²) >= 11 is 1.76. The highest BCUT2D eigenvalue weighted by Crippen LogP contribution is 2.21. The van der Waals surface area contributed by atoms with Crippen LogP contribution in [0.2, 0.25) is 0 Å². The Bertz CT molecular complexity index is 634. The highest BCUT2D eigenvalue weighted by molar-refractivity contribution is 8.00. The summed E-state index contributed by atoms with van der Waals surface area (Å²) < 4.78 is 0. The molecule has 5 nitrogen and oxygen atoms in total. The zero-order chi connectivity index (χ0) is 14.7. The van der Waals surface area contributed by atoms with Crippen LogP contribution in [0, 0.1) is 6.92 Å². The molecule has 6 heteroatoms. The maximum atomic E-state index is 12.0. The number of carbonyl (C=O) groups is 1. The number of amides is 1. The van der Waals surface area contributed by atoms with Crippen LogP contribution in [0.15, 0.2) is 18.2 Å². The molecule has 3 N–H and O–H groups in total. The summed E-state index contributed by atoms with van der Waals surface area (Å²) in [7, 11) is 0. The van der Waals surface area contributed by atoms with Crippen molar-refractivity contribution >= 4 is 34.4 Å². The van der Waals surface area contributed by atoms with E-state index in [2.05, 4.69) is 20.6 Å². The molecule has 0 bridgehead atoms. The highest BCUT2D eigenvalue weighted by atomic mass is 32.2. The summed E-state index contributed by atoms with van der Waals surface area (Å²) in [5.41, 5.74) is 2.70. The SMILES string of the molecule is Cc1nc2ccc(NC(=O)CSC3CCNCC3)cc2[nH]1. The number of nitrogens with one attached hydrogen (secondary N) is 3. The number of thioether (sulfide) groups is 1. The molecule has 1 aliphatic heterocycles. The number of aryl methyl sites for hydroxylation is 1. The minimum atomic E-state index is 0.0640. The van der Waals surface area contributed by atoms with Crippen LogP contribution in [-0.4, -0.2) is 40.0 Å². The van der Waals surface area contributed by atoms with Crippen molar-refractivity contribution in [3.05, 3.63) is 24.0 Å². The third-order valence-electron chi connectivity index (χ3n) is 3.62. The summed E-state index contributed by atoms with van der Waals surface area (Å²) in [6, 6.07) is 5.76. The Labute approximate surface area is 128 Å². The first-order valence-corrected chi connectivity index (χ1v) is 8.34. The Morgan fingerprint density at radius 2 is 2.24 bits per heavy atom. The van der Waals surface area contributed by atoms with E-state index < -0.39 is 0 Å². The van der Waals surface area contributed by atoms with Crippen molar-refractivity contribution in [2.45, 2.75) is 25.0 Å². The molecule has 1 aromatic carbocycles. The quantitative estimate of drug-likeness (QED) is 0.810. The maximum Gasteiger partial charge on any atom is 0.234 e. The first-order valence-electron chi connectivity index (χ1n) is 7.29. The number of aromatic amines is 1. The molecule has 0 atom stereocenters. The van der Waals surface area contributed by atoms with Crippen LogP contribution < -0.4 is 10.6 Å². The zero-order valence-corrected chi connectivity index (χ0v) is 12.9. The smallest absolute Gasteiger partial charge is 0.234 e. The number of anilines is 1. The summed E-state index contributed by atoms with van der Waals surface area (Å²) in [6.45, 7) is 4.05. The summed E-state index contributed by atoms with van der Waals surface area (Å²) in [4.78, 5) is 19.6. The number of benzene rings is 1. The molecule has 1 amide bonds. The average Bonchev–Trinajstić information content (AvgIpc) is 2.85. The van der Waals surface area contributed by atoms with Crippen LogP contribution in [0.1, 0.15) is 18.7 Å². The molecule has 0 spiro atoms. The van der Waals surface area contributed by atoms with Gasteiger partial charge in [0.1, 0.15) is 5.82 Å². The molecule has 0 radical (unpaired) electrons. The highest BCUT2D eigenvalue weighted by Gasteiger charge is 2.15. The van der Waals surface area contributed by atoms with Crippen LogP contribution in [-0.2, 0) is 4.79 Å². The Balaban J connectivity index is 1.55. The second kappa shape index (κ2) is 6.49. The second-order valence-electron chi connectivity index (χ2n) is 5.36. The number of piperidine rings is 1. The zero-order valence-electron chi connectivity index (χ0n) is 12.1. The lowest BCUT2D eigenvalue weighted by Crippen LogP contribution is -2.30. The second-order valence-corrected chi connectivity index (χ2v) is 6.65. The normalized spacial score (nSPS) is 16.2. The first-order chi connectivity index (χ1) is 10.2. The lowest BCUT2D eigenvalue weighted by Gasteiger charge is -2.21. The number of rotatable bonds is 4. The Hall–Kier alpha value is -1.53. The van der Waals surface area contributed by atoms with Gasteiger partial charge in [0.25, 0.3) is 0 Å². The van der Waals surface area contributed by atoms with Crippen molar-refractivity contribution in [3.63, 3.8) is 0 Å². The fraction of sp³-hybridized carbons (Fsp3) is 0.467. The summed E-state index contributed by atoms with van der Waals surface area (Å²) in [6.07, 6.45) is 2.30. The van der Waals surface area contributed by atoms with Crippen LogP contribution in [0.25, 0.3) is 11.0 Å². The van der Waals surface area contributed by atoms with E-state index in [0.29, 0.717) is 11.0 Å². The molecule has 3 rings (SSSR count). The Morgan fingerprint density at radius 3 is 3.05 bits per heavy atom. The van der Waals surface area contributed by atoms with Gasteiger partial charge >= 0.3 is 0 Å². The summed E-state index contributed by atoms with van der Waals surface area (Å²) in [5.74, 6) is 1.47. The number of imidazole rings is 1. The van der Waals surface area contributed by atoms with Gasteiger partial charge in [0.2, 0.25) is 5.91 Å². The van der Waals surface area contributed by atoms with E-state index in [4.69, 9.17) is 0 Å². The number of aromatic nitrogens is 2. The van der Waals surface area contributed by atoms with E-state index in [1.54, 1.807) is 11.8 Å². The van der Waals surface area contributed by atoms with Gasteiger partial charge in [0.15, 0.2) is 0 Å². The number of fused-ring (bicyclic) bond motifs is 1. The van der Waals surface area contributed by atoms with Gasteiger partial charge in [0.05, 0.1) is 16.8 Å². The molecule has 1 aliphatic rings. The van der Waals surface area contributed by atoms with Crippen molar-refractivity contribution in [2.24, 2.45) is 0 Å². The van der Waals surface area contributed by atoms with Gasteiger partial charge in [-0.15, -0.1) is 11.8 Å². The van der Waals surface area contributed by atoms with Gasteiger partial charge in [-0.1, -0.05) is 0 Å². The van der Waals surface area contributed by atoms with Crippen molar-refractivity contribution in [2.75, 3.05) is 24.2 Å². The number of nitrogens with zero attached hydrogens (tertiary/aromatic N) is 1. The molecule has 0 unspecified atom stereocenters. The van der Waals surface area contributed by atoms with E-state index in [1.807, 2.05) is 25.1 Å². The molecule has 112 valence electrons. The molecule has 1 fully saturated rings. The number of hydrogen-bond donors (Lipinski definition) is 3. The Morgan fingerprint density at radius 1 is 1.43 bits per heavy atom. The molecule has 21 heavy (non-hydrogen) atoms. The molecule has 2 heterocycles.